The highest BCUT2D eigenvalue weighted by atomic mass is 16.6. The Labute approximate surface area is 43.7 Å². The molecule has 1 aliphatic carbocycles. The molecule has 0 N–H and O–H groups in total. The van der Waals surface area contributed by atoms with Crippen molar-refractivity contribution in [3.05, 3.63) is 0 Å². The molecule has 1 aliphatic heterocycles. The van der Waals surface area contributed by atoms with Crippen molar-refractivity contribution in [2.75, 3.05) is 0 Å². The normalized spacial score (nSPS) is 57.0. The SMILES string of the molecule is C[C@]12CCC[C@H]1O2. The highest BCUT2D eigenvalue weighted by Crippen LogP contribution is 2.49. The number of hydrogen-bond donors (Lipinski definition) is 0. The number of rotatable bonds is 0. The van der Waals surface area contributed by atoms with Crippen LogP contribution in [0.15, 0.2) is 0 Å². The van der Waals surface area contributed by atoms with Gasteiger partial charge in [0.1, 0.15) is 0 Å². The minimum absolute atomic E-state index is 0.361. The molecule has 2 aliphatic rings. The summed E-state index contributed by atoms with van der Waals surface area (Å²) in [6.45, 7) is 2.21. The molecule has 0 aromatic rings. The van der Waals surface area contributed by atoms with E-state index in [0.29, 0.717) is 11.7 Å². The molecule has 1 saturated heterocycles. The zero-order valence-electron chi connectivity index (χ0n) is 4.61. The molecule has 0 radical (unpaired) electrons. The standard InChI is InChI=1S/C6H10O/c1-6-4-2-3-5(6)7-6/h5H,2-4H2,1H3/t5-,6+/m1/s1. The van der Waals surface area contributed by atoms with Gasteiger partial charge in [0.2, 0.25) is 0 Å². The molecule has 40 valence electrons. The van der Waals surface area contributed by atoms with E-state index in [1.165, 1.54) is 19.3 Å². The largest absolute Gasteiger partial charge is 0.366 e. The maximum Gasteiger partial charge on any atom is 0.0920 e. The monoisotopic (exact) mass is 98.1 g/mol. The lowest BCUT2D eigenvalue weighted by Crippen LogP contribution is -1.99. The maximum absolute atomic E-state index is 5.34. The number of fused-ring (bicyclic) bond motifs is 1. The third kappa shape index (κ3) is 0.367. The molecule has 2 atom stereocenters. The van der Waals surface area contributed by atoms with Crippen LogP contribution in [0, 0.1) is 0 Å². The summed E-state index contributed by atoms with van der Waals surface area (Å²) >= 11 is 0. The molecule has 0 spiro atoms. The topological polar surface area (TPSA) is 12.5 Å². The van der Waals surface area contributed by atoms with Crippen molar-refractivity contribution in [3.63, 3.8) is 0 Å². The maximum atomic E-state index is 5.34. The number of ether oxygens (including phenoxy) is 1. The average Bonchev–Trinajstić information content (AvgIpc) is 2.09. The van der Waals surface area contributed by atoms with Crippen LogP contribution in [0.5, 0.6) is 0 Å². The Kier molecular flexibility index (Phi) is 0.487. The summed E-state index contributed by atoms with van der Waals surface area (Å²) in [5.74, 6) is 0. The fourth-order valence-electron chi connectivity index (χ4n) is 1.51. The first-order valence-corrected chi connectivity index (χ1v) is 2.99. The number of epoxide rings is 1. The predicted molar refractivity (Wildman–Crippen MR) is 27.1 cm³/mol. The molecular weight excluding hydrogens is 88.1 g/mol. The molecule has 1 heterocycles. The van der Waals surface area contributed by atoms with E-state index in [2.05, 4.69) is 6.92 Å². The van der Waals surface area contributed by atoms with E-state index >= 15 is 0 Å². The quantitative estimate of drug-likeness (QED) is 0.416. The summed E-state index contributed by atoms with van der Waals surface area (Å²) in [6.07, 6.45) is 4.67. The molecule has 0 amide bonds. The molecule has 1 heteroatoms. The first kappa shape index (κ1) is 3.90. The Morgan fingerprint density at radius 3 is 2.71 bits per heavy atom. The summed E-state index contributed by atoms with van der Waals surface area (Å²) in [7, 11) is 0. The first-order valence-electron chi connectivity index (χ1n) is 2.99. The van der Waals surface area contributed by atoms with Crippen molar-refractivity contribution in [3.8, 4) is 0 Å². The zero-order chi connectivity index (χ0) is 4.91. The van der Waals surface area contributed by atoms with Gasteiger partial charge in [-0.25, -0.2) is 0 Å². The lowest BCUT2D eigenvalue weighted by atomic mass is 10.1. The first-order chi connectivity index (χ1) is 3.31. The Morgan fingerprint density at radius 2 is 2.57 bits per heavy atom. The van der Waals surface area contributed by atoms with Crippen molar-refractivity contribution in [2.45, 2.75) is 37.9 Å². The van der Waals surface area contributed by atoms with Gasteiger partial charge in [-0.1, -0.05) is 0 Å². The Bertz CT molecular complexity index is 98.4. The highest BCUT2D eigenvalue weighted by Gasteiger charge is 2.55. The van der Waals surface area contributed by atoms with Gasteiger partial charge in [-0.15, -0.1) is 0 Å². The van der Waals surface area contributed by atoms with E-state index in [0.717, 1.165) is 0 Å². The summed E-state index contributed by atoms with van der Waals surface area (Å²) in [5, 5.41) is 0. The second-order valence-electron chi connectivity index (χ2n) is 2.81. The molecule has 0 aromatic carbocycles. The summed E-state index contributed by atoms with van der Waals surface area (Å²) < 4.78 is 5.34. The van der Waals surface area contributed by atoms with E-state index in [9.17, 15) is 0 Å². The van der Waals surface area contributed by atoms with Gasteiger partial charge in [-0.05, 0) is 26.2 Å². The Hall–Kier alpha value is -0.0400. The van der Waals surface area contributed by atoms with Gasteiger partial charge in [-0.3, -0.25) is 0 Å². The third-order valence-corrected chi connectivity index (χ3v) is 2.17. The van der Waals surface area contributed by atoms with Gasteiger partial charge >= 0.3 is 0 Å². The molecule has 7 heavy (non-hydrogen) atoms. The van der Waals surface area contributed by atoms with E-state index in [1.54, 1.807) is 0 Å². The third-order valence-electron chi connectivity index (χ3n) is 2.17. The summed E-state index contributed by atoms with van der Waals surface area (Å²) in [4.78, 5) is 0. The smallest absolute Gasteiger partial charge is 0.0920 e. The lowest BCUT2D eigenvalue weighted by Gasteiger charge is -1.93. The number of hydrogen-bond acceptors (Lipinski definition) is 1. The highest BCUT2D eigenvalue weighted by molar-refractivity contribution is 5.03. The van der Waals surface area contributed by atoms with Gasteiger partial charge in [0.15, 0.2) is 0 Å². The Balaban J connectivity index is 2.17. The second-order valence-corrected chi connectivity index (χ2v) is 2.81. The molecular formula is C6H10O. The van der Waals surface area contributed by atoms with E-state index in [-0.39, 0.29) is 0 Å². The fourth-order valence-corrected chi connectivity index (χ4v) is 1.51. The van der Waals surface area contributed by atoms with Crippen molar-refractivity contribution in [1.82, 2.24) is 0 Å². The van der Waals surface area contributed by atoms with E-state index in [4.69, 9.17) is 4.74 Å². The van der Waals surface area contributed by atoms with Crippen LogP contribution in [0.1, 0.15) is 26.2 Å². The van der Waals surface area contributed by atoms with Crippen LogP contribution in [0.4, 0.5) is 0 Å². The second kappa shape index (κ2) is 0.873. The molecule has 0 unspecified atom stereocenters. The van der Waals surface area contributed by atoms with Gasteiger partial charge in [0, 0.05) is 0 Å². The van der Waals surface area contributed by atoms with Crippen LogP contribution in [-0.2, 0) is 4.74 Å². The lowest BCUT2D eigenvalue weighted by molar-refractivity contribution is 0.265. The molecule has 1 saturated carbocycles. The van der Waals surface area contributed by atoms with Gasteiger partial charge < -0.3 is 4.74 Å². The van der Waals surface area contributed by atoms with Crippen molar-refractivity contribution in [1.29, 1.82) is 0 Å². The van der Waals surface area contributed by atoms with Gasteiger partial charge in [-0.2, -0.15) is 0 Å². The average molecular weight is 98.1 g/mol. The van der Waals surface area contributed by atoms with E-state index < -0.39 is 0 Å². The van der Waals surface area contributed by atoms with Gasteiger partial charge in [0.25, 0.3) is 0 Å². The Morgan fingerprint density at radius 1 is 1.71 bits per heavy atom. The van der Waals surface area contributed by atoms with Crippen LogP contribution in [0.25, 0.3) is 0 Å². The van der Waals surface area contributed by atoms with Crippen molar-refractivity contribution in [2.24, 2.45) is 0 Å². The molecule has 0 bridgehead atoms. The van der Waals surface area contributed by atoms with Crippen LogP contribution in [-0.4, -0.2) is 11.7 Å². The van der Waals surface area contributed by atoms with Crippen LogP contribution in [0.2, 0.25) is 0 Å². The molecule has 2 rings (SSSR count). The van der Waals surface area contributed by atoms with Crippen molar-refractivity contribution >= 4 is 0 Å². The van der Waals surface area contributed by atoms with Crippen molar-refractivity contribution < 1.29 is 4.74 Å². The molecule has 1 nitrogen and oxygen atoms in total. The summed E-state index contributed by atoms with van der Waals surface area (Å²) in [6, 6.07) is 0. The van der Waals surface area contributed by atoms with E-state index in [1.807, 2.05) is 0 Å². The minimum Gasteiger partial charge on any atom is -0.366 e. The molecule has 0 aromatic heterocycles. The molecule has 2 fully saturated rings. The predicted octanol–water partition coefficient (Wildman–Crippen LogP) is 1.33. The minimum atomic E-state index is 0.361. The van der Waals surface area contributed by atoms with Gasteiger partial charge in [0.05, 0.1) is 11.7 Å². The zero-order valence-corrected chi connectivity index (χ0v) is 4.61. The van der Waals surface area contributed by atoms with Crippen LogP contribution >= 0.6 is 0 Å². The fraction of sp³-hybridized carbons (Fsp3) is 1.00. The van der Waals surface area contributed by atoms with Crippen LogP contribution in [0.3, 0.4) is 0 Å². The van der Waals surface area contributed by atoms with Crippen LogP contribution < -0.4 is 0 Å². The summed E-state index contributed by atoms with van der Waals surface area (Å²) in [5.41, 5.74) is 0.361.